The van der Waals surface area contributed by atoms with Gasteiger partial charge in [-0.15, -0.1) is 0 Å². The van der Waals surface area contributed by atoms with Crippen molar-refractivity contribution in [3.05, 3.63) is 23.8 Å². The van der Waals surface area contributed by atoms with Gasteiger partial charge in [0.25, 0.3) is 0 Å². The van der Waals surface area contributed by atoms with E-state index in [1.54, 1.807) is 25.3 Å². The molecular formula is C13H22N2O3S. The molecule has 0 aliphatic heterocycles. The molecule has 19 heavy (non-hydrogen) atoms. The number of nitrogens with zero attached hydrogens (tertiary/aromatic N) is 1. The van der Waals surface area contributed by atoms with Gasteiger partial charge in [-0.25, -0.2) is 8.42 Å². The topological polar surface area (TPSA) is 58.6 Å². The van der Waals surface area contributed by atoms with Crippen molar-refractivity contribution in [1.29, 1.82) is 0 Å². The number of hydrogen-bond acceptors (Lipinski definition) is 4. The lowest BCUT2D eigenvalue weighted by atomic mass is 10.2. The molecular weight excluding hydrogens is 264 g/mol. The van der Waals surface area contributed by atoms with E-state index in [0.29, 0.717) is 30.3 Å². The van der Waals surface area contributed by atoms with Crippen LogP contribution in [0.3, 0.4) is 0 Å². The van der Waals surface area contributed by atoms with Crippen LogP contribution in [0.5, 0.6) is 5.75 Å². The van der Waals surface area contributed by atoms with Crippen LogP contribution in [0, 0.1) is 0 Å². The number of rotatable bonds is 7. The molecule has 1 rings (SSSR count). The first kappa shape index (κ1) is 15.9. The van der Waals surface area contributed by atoms with E-state index >= 15 is 0 Å². The summed E-state index contributed by atoms with van der Waals surface area (Å²) in [5, 5.41) is 3.01. The highest BCUT2D eigenvalue weighted by Crippen LogP contribution is 2.24. The van der Waals surface area contributed by atoms with Crippen molar-refractivity contribution in [3.63, 3.8) is 0 Å². The molecule has 0 bridgehead atoms. The monoisotopic (exact) mass is 286 g/mol. The molecule has 0 saturated carbocycles. The van der Waals surface area contributed by atoms with E-state index in [1.807, 2.05) is 20.9 Å². The van der Waals surface area contributed by atoms with Crippen LogP contribution in [0.4, 0.5) is 0 Å². The maximum Gasteiger partial charge on any atom is 0.243 e. The van der Waals surface area contributed by atoms with Gasteiger partial charge < -0.3 is 10.1 Å². The van der Waals surface area contributed by atoms with Crippen molar-refractivity contribution in [2.45, 2.75) is 25.3 Å². The quantitative estimate of drug-likeness (QED) is 0.824. The van der Waals surface area contributed by atoms with Gasteiger partial charge in [0, 0.05) is 25.2 Å². The lowest BCUT2D eigenvalue weighted by Crippen LogP contribution is -2.30. The third-order valence-electron chi connectivity index (χ3n) is 2.96. The number of methoxy groups -OCH3 is 1. The second-order valence-corrected chi connectivity index (χ2v) is 6.03. The highest BCUT2D eigenvalue weighted by Gasteiger charge is 2.22. The summed E-state index contributed by atoms with van der Waals surface area (Å²) >= 11 is 0. The van der Waals surface area contributed by atoms with Crippen molar-refractivity contribution in [2.75, 3.05) is 27.2 Å². The van der Waals surface area contributed by atoms with Crippen molar-refractivity contribution < 1.29 is 13.2 Å². The van der Waals surface area contributed by atoms with Gasteiger partial charge in [-0.05, 0) is 25.2 Å². The SMILES string of the molecule is CCN(CC)S(=O)(=O)c1ccc(OC)c(CNC)c1. The van der Waals surface area contributed by atoms with E-state index in [0.717, 1.165) is 5.56 Å². The van der Waals surface area contributed by atoms with Gasteiger partial charge in [0.2, 0.25) is 10.0 Å². The van der Waals surface area contributed by atoms with Gasteiger partial charge in [-0.3, -0.25) is 0 Å². The van der Waals surface area contributed by atoms with E-state index in [2.05, 4.69) is 5.32 Å². The summed E-state index contributed by atoms with van der Waals surface area (Å²) in [5.41, 5.74) is 0.832. The standard InChI is InChI=1S/C13H22N2O3S/c1-5-15(6-2)19(16,17)12-7-8-13(18-4)11(9-12)10-14-3/h7-9,14H,5-6,10H2,1-4H3. The Morgan fingerprint density at radius 1 is 1.26 bits per heavy atom. The van der Waals surface area contributed by atoms with Gasteiger partial charge in [0.15, 0.2) is 0 Å². The van der Waals surface area contributed by atoms with Crippen LogP contribution in [0.15, 0.2) is 23.1 Å². The van der Waals surface area contributed by atoms with E-state index in [9.17, 15) is 8.42 Å². The highest BCUT2D eigenvalue weighted by molar-refractivity contribution is 7.89. The molecule has 0 fully saturated rings. The van der Waals surface area contributed by atoms with Gasteiger partial charge in [-0.2, -0.15) is 4.31 Å². The van der Waals surface area contributed by atoms with Crippen LogP contribution < -0.4 is 10.1 Å². The van der Waals surface area contributed by atoms with Crippen LogP contribution >= 0.6 is 0 Å². The van der Waals surface area contributed by atoms with E-state index in [-0.39, 0.29) is 0 Å². The van der Waals surface area contributed by atoms with Gasteiger partial charge in [-0.1, -0.05) is 13.8 Å². The molecule has 0 aliphatic carbocycles. The van der Waals surface area contributed by atoms with Crippen LogP contribution in [-0.4, -0.2) is 40.0 Å². The lowest BCUT2D eigenvalue weighted by Gasteiger charge is -2.19. The smallest absolute Gasteiger partial charge is 0.243 e. The zero-order valence-electron chi connectivity index (χ0n) is 11.9. The molecule has 108 valence electrons. The molecule has 6 heteroatoms. The average Bonchev–Trinajstić information content (AvgIpc) is 2.40. The van der Waals surface area contributed by atoms with Crippen molar-refractivity contribution in [1.82, 2.24) is 9.62 Å². The summed E-state index contributed by atoms with van der Waals surface area (Å²) in [6, 6.07) is 4.96. The molecule has 1 aromatic rings. The zero-order chi connectivity index (χ0) is 14.5. The molecule has 0 amide bonds. The Balaban J connectivity index is 3.24. The number of hydrogen-bond donors (Lipinski definition) is 1. The first-order valence-electron chi connectivity index (χ1n) is 6.32. The molecule has 0 unspecified atom stereocenters. The fourth-order valence-electron chi connectivity index (χ4n) is 1.96. The Hall–Kier alpha value is -1.11. The Labute approximate surface area is 115 Å². The molecule has 5 nitrogen and oxygen atoms in total. The molecule has 0 atom stereocenters. The number of sulfonamides is 1. The third-order valence-corrected chi connectivity index (χ3v) is 5.01. The number of nitrogens with one attached hydrogen (secondary N) is 1. The Bertz CT molecular complexity index is 511. The van der Waals surface area contributed by atoms with Gasteiger partial charge in [0.05, 0.1) is 12.0 Å². The number of benzene rings is 1. The fraction of sp³-hybridized carbons (Fsp3) is 0.538. The minimum atomic E-state index is -3.42. The molecule has 0 spiro atoms. The summed E-state index contributed by atoms with van der Waals surface area (Å²) in [5.74, 6) is 0.688. The Morgan fingerprint density at radius 2 is 1.89 bits per heavy atom. The first-order chi connectivity index (χ1) is 9.01. The second-order valence-electron chi connectivity index (χ2n) is 4.09. The summed E-state index contributed by atoms with van der Waals surface area (Å²) < 4.78 is 31.5. The predicted octanol–water partition coefficient (Wildman–Crippen LogP) is 1.45. The highest BCUT2D eigenvalue weighted by atomic mass is 32.2. The van der Waals surface area contributed by atoms with Crippen LogP contribution in [-0.2, 0) is 16.6 Å². The van der Waals surface area contributed by atoms with Crippen LogP contribution in [0.25, 0.3) is 0 Å². The fourth-order valence-corrected chi connectivity index (χ4v) is 3.47. The van der Waals surface area contributed by atoms with E-state index < -0.39 is 10.0 Å². The third kappa shape index (κ3) is 3.46. The minimum Gasteiger partial charge on any atom is -0.496 e. The minimum absolute atomic E-state index is 0.308. The molecule has 0 aromatic heterocycles. The number of ether oxygens (including phenoxy) is 1. The summed E-state index contributed by atoms with van der Waals surface area (Å²) in [6.07, 6.45) is 0. The van der Waals surface area contributed by atoms with Crippen LogP contribution in [0.2, 0.25) is 0 Å². The molecule has 0 saturated heterocycles. The molecule has 1 N–H and O–H groups in total. The Morgan fingerprint density at radius 3 is 2.37 bits per heavy atom. The zero-order valence-corrected chi connectivity index (χ0v) is 12.8. The summed E-state index contributed by atoms with van der Waals surface area (Å²) in [4.78, 5) is 0.308. The summed E-state index contributed by atoms with van der Waals surface area (Å²) in [6.45, 7) is 5.15. The molecule has 0 heterocycles. The molecule has 1 aromatic carbocycles. The second kappa shape index (κ2) is 6.88. The maximum atomic E-state index is 12.4. The normalized spacial score (nSPS) is 11.8. The van der Waals surface area contributed by atoms with E-state index in [1.165, 1.54) is 4.31 Å². The first-order valence-corrected chi connectivity index (χ1v) is 7.76. The largest absolute Gasteiger partial charge is 0.496 e. The van der Waals surface area contributed by atoms with Crippen molar-refractivity contribution in [3.8, 4) is 5.75 Å². The lowest BCUT2D eigenvalue weighted by molar-refractivity contribution is 0.407. The maximum absolute atomic E-state index is 12.4. The average molecular weight is 286 g/mol. The van der Waals surface area contributed by atoms with E-state index in [4.69, 9.17) is 4.74 Å². The van der Waals surface area contributed by atoms with Crippen molar-refractivity contribution in [2.24, 2.45) is 0 Å². The van der Waals surface area contributed by atoms with Gasteiger partial charge in [0.1, 0.15) is 5.75 Å². The van der Waals surface area contributed by atoms with Crippen LogP contribution in [0.1, 0.15) is 19.4 Å². The summed E-state index contributed by atoms with van der Waals surface area (Å²) in [7, 11) is -0.0300. The molecule has 0 aliphatic rings. The molecule has 0 radical (unpaired) electrons. The predicted molar refractivity (Wildman–Crippen MR) is 75.9 cm³/mol. The van der Waals surface area contributed by atoms with Crippen molar-refractivity contribution >= 4 is 10.0 Å². The van der Waals surface area contributed by atoms with Gasteiger partial charge >= 0.3 is 0 Å². The Kier molecular flexibility index (Phi) is 5.78.